The molecule has 1 aliphatic heterocycles. The Morgan fingerprint density at radius 2 is 2.08 bits per heavy atom. The van der Waals surface area contributed by atoms with Crippen LogP contribution in [0.4, 0.5) is 11.4 Å². The molecule has 1 aromatic heterocycles. The number of hydrogen-bond acceptors (Lipinski definition) is 4. The van der Waals surface area contributed by atoms with Crippen LogP contribution in [0.1, 0.15) is 17.5 Å². The number of aromatic nitrogens is 1. The Bertz CT molecular complexity index is 670. The minimum absolute atomic E-state index is 0. The zero-order valence-electron chi connectivity index (χ0n) is 13.2. The van der Waals surface area contributed by atoms with Gasteiger partial charge in [-0.25, -0.2) is 0 Å². The van der Waals surface area contributed by atoms with Crippen molar-refractivity contribution in [2.24, 2.45) is 0 Å². The quantitative estimate of drug-likeness (QED) is 0.814. The topological polar surface area (TPSA) is 59.2 Å². The number of amides is 1. The average Bonchev–Trinajstić information content (AvgIpc) is 2.56. The van der Waals surface area contributed by atoms with Crippen molar-refractivity contribution in [1.82, 2.24) is 4.98 Å². The molecule has 2 aromatic rings. The summed E-state index contributed by atoms with van der Waals surface area (Å²) in [6, 6.07) is 9.77. The van der Waals surface area contributed by atoms with Crippen molar-refractivity contribution in [2.75, 3.05) is 22.9 Å². The van der Waals surface area contributed by atoms with E-state index in [1.807, 2.05) is 41.4 Å². The fourth-order valence-corrected chi connectivity index (χ4v) is 3.57. The van der Waals surface area contributed by atoms with Crippen LogP contribution in [-0.4, -0.2) is 23.2 Å². The third kappa shape index (κ3) is 4.79. The standard InChI is InChI=1S/C17H19N3OS.2ClH/c18-15-6-1-7-16-14(15)5-3-9-20(16)17(21)12-22-11-13-4-2-8-19-10-13;;/h1-2,4,6-8,10H,3,5,9,11-12,18H2;2*1H. The summed E-state index contributed by atoms with van der Waals surface area (Å²) < 4.78 is 0. The van der Waals surface area contributed by atoms with Gasteiger partial charge in [0, 0.05) is 36.1 Å². The van der Waals surface area contributed by atoms with Crippen LogP contribution in [0.3, 0.4) is 0 Å². The lowest BCUT2D eigenvalue weighted by Gasteiger charge is -2.30. The molecule has 1 aliphatic rings. The summed E-state index contributed by atoms with van der Waals surface area (Å²) >= 11 is 1.62. The maximum absolute atomic E-state index is 12.5. The number of carbonyl (C=O) groups is 1. The number of halogens is 2. The summed E-state index contributed by atoms with van der Waals surface area (Å²) in [6.07, 6.45) is 5.53. The molecule has 130 valence electrons. The highest BCUT2D eigenvalue weighted by molar-refractivity contribution is 7.99. The number of benzene rings is 1. The number of nitrogens with two attached hydrogens (primary N) is 1. The zero-order valence-corrected chi connectivity index (χ0v) is 15.6. The highest BCUT2D eigenvalue weighted by Gasteiger charge is 2.23. The Labute approximate surface area is 159 Å². The number of carbonyl (C=O) groups excluding carboxylic acids is 1. The molecule has 0 radical (unpaired) electrons. The summed E-state index contributed by atoms with van der Waals surface area (Å²) in [5.41, 5.74) is 10.1. The minimum atomic E-state index is 0. The molecule has 0 fully saturated rings. The van der Waals surface area contributed by atoms with Crippen LogP contribution >= 0.6 is 36.6 Å². The van der Waals surface area contributed by atoms with Gasteiger partial charge in [0.1, 0.15) is 0 Å². The maximum atomic E-state index is 12.5. The first-order chi connectivity index (χ1) is 10.8. The van der Waals surface area contributed by atoms with Gasteiger partial charge in [-0.05, 0) is 42.2 Å². The number of fused-ring (bicyclic) bond motifs is 1. The van der Waals surface area contributed by atoms with E-state index in [1.165, 1.54) is 0 Å². The SMILES string of the molecule is Cl.Cl.Nc1cccc2c1CCCN2C(=O)CSCc1cccnc1. The molecule has 2 heterocycles. The molecule has 0 aliphatic carbocycles. The van der Waals surface area contributed by atoms with Gasteiger partial charge in [-0.1, -0.05) is 12.1 Å². The van der Waals surface area contributed by atoms with E-state index in [4.69, 9.17) is 5.73 Å². The zero-order chi connectivity index (χ0) is 15.4. The second-order valence-corrected chi connectivity index (χ2v) is 6.33. The minimum Gasteiger partial charge on any atom is -0.398 e. The van der Waals surface area contributed by atoms with Crippen LogP contribution < -0.4 is 10.6 Å². The molecule has 24 heavy (non-hydrogen) atoms. The van der Waals surface area contributed by atoms with Crippen LogP contribution in [-0.2, 0) is 17.0 Å². The number of thioether (sulfide) groups is 1. The molecule has 2 N–H and O–H groups in total. The Balaban J connectivity index is 0.00000144. The molecular weight excluding hydrogens is 365 g/mol. The van der Waals surface area contributed by atoms with E-state index in [2.05, 4.69) is 4.98 Å². The summed E-state index contributed by atoms with van der Waals surface area (Å²) in [6.45, 7) is 0.780. The van der Waals surface area contributed by atoms with E-state index in [0.29, 0.717) is 5.75 Å². The van der Waals surface area contributed by atoms with Crippen molar-refractivity contribution in [3.63, 3.8) is 0 Å². The molecule has 1 amide bonds. The molecule has 7 heteroatoms. The van der Waals surface area contributed by atoms with Crippen LogP contribution in [0.2, 0.25) is 0 Å². The monoisotopic (exact) mass is 385 g/mol. The van der Waals surface area contributed by atoms with E-state index in [9.17, 15) is 4.79 Å². The number of rotatable bonds is 4. The van der Waals surface area contributed by atoms with Gasteiger partial charge in [-0.2, -0.15) is 0 Å². The molecule has 4 nitrogen and oxygen atoms in total. The maximum Gasteiger partial charge on any atom is 0.236 e. The van der Waals surface area contributed by atoms with E-state index >= 15 is 0 Å². The molecule has 3 rings (SSSR count). The largest absolute Gasteiger partial charge is 0.398 e. The number of nitrogens with zero attached hydrogens (tertiary/aromatic N) is 2. The van der Waals surface area contributed by atoms with E-state index in [0.717, 1.165) is 47.6 Å². The van der Waals surface area contributed by atoms with Crippen molar-refractivity contribution in [1.29, 1.82) is 0 Å². The van der Waals surface area contributed by atoms with E-state index in [-0.39, 0.29) is 30.7 Å². The summed E-state index contributed by atoms with van der Waals surface area (Å²) in [5.74, 6) is 1.43. The number of nitrogen functional groups attached to an aromatic ring is 1. The van der Waals surface area contributed by atoms with Gasteiger partial charge in [-0.3, -0.25) is 9.78 Å². The van der Waals surface area contributed by atoms with Crippen LogP contribution in [0, 0.1) is 0 Å². The highest BCUT2D eigenvalue weighted by Crippen LogP contribution is 2.31. The lowest BCUT2D eigenvalue weighted by Crippen LogP contribution is -2.37. The lowest BCUT2D eigenvalue weighted by molar-refractivity contribution is -0.116. The molecule has 0 unspecified atom stereocenters. The third-order valence-corrected chi connectivity index (χ3v) is 4.79. The Hall–Kier alpha value is -1.43. The van der Waals surface area contributed by atoms with Crippen LogP contribution in [0.5, 0.6) is 0 Å². The molecule has 0 bridgehead atoms. The first-order valence-electron chi connectivity index (χ1n) is 7.40. The fourth-order valence-electron chi connectivity index (χ4n) is 2.73. The second kappa shape index (κ2) is 9.77. The number of pyridine rings is 1. The second-order valence-electron chi connectivity index (χ2n) is 5.35. The van der Waals surface area contributed by atoms with Crippen molar-refractivity contribution in [2.45, 2.75) is 18.6 Å². The molecule has 0 atom stereocenters. The van der Waals surface area contributed by atoms with Gasteiger partial charge in [0.25, 0.3) is 0 Å². The molecule has 0 saturated carbocycles. The van der Waals surface area contributed by atoms with Crippen molar-refractivity contribution < 1.29 is 4.79 Å². The molecular formula is C17H21Cl2N3OS. The predicted octanol–water partition coefficient (Wildman–Crippen LogP) is 3.72. The third-order valence-electron chi connectivity index (χ3n) is 3.80. The first-order valence-corrected chi connectivity index (χ1v) is 8.55. The predicted molar refractivity (Wildman–Crippen MR) is 106 cm³/mol. The molecule has 1 aromatic carbocycles. The number of anilines is 2. The Morgan fingerprint density at radius 1 is 1.25 bits per heavy atom. The normalized spacial score (nSPS) is 12.6. The van der Waals surface area contributed by atoms with Gasteiger partial charge < -0.3 is 10.6 Å². The molecule has 0 saturated heterocycles. The van der Waals surface area contributed by atoms with Gasteiger partial charge >= 0.3 is 0 Å². The average molecular weight is 386 g/mol. The van der Waals surface area contributed by atoms with Crippen molar-refractivity contribution in [3.8, 4) is 0 Å². The molecule has 0 spiro atoms. The smallest absolute Gasteiger partial charge is 0.236 e. The highest BCUT2D eigenvalue weighted by atomic mass is 35.5. The lowest BCUT2D eigenvalue weighted by atomic mass is 10.00. The van der Waals surface area contributed by atoms with Gasteiger partial charge in [0.2, 0.25) is 5.91 Å². The Kier molecular flexibility index (Phi) is 8.39. The first kappa shape index (κ1) is 20.6. The Morgan fingerprint density at radius 3 is 2.83 bits per heavy atom. The summed E-state index contributed by atoms with van der Waals surface area (Å²) in [7, 11) is 0. The van der Waals surface area contributed by atoms with E-state index < -0.39 is 0 Å². The van der Waals surface area contributed by atoms with Gasteiger partial charge in [-0.15, -0.1) is 36.6 Å². The van der Waals surface area contributed by atoms with Gasteiger partial charge in [0.15, 0.2) is 0 Å². The van der Waals surface area contributed by atoms with Gasteiger partial charge in [0.05, 0.1) is 5.75 Å². The fraction of sp³-hybridized carbons (Fsp3) is 0.294. The van der Waals surface area contributed by atoms with Crippen molar-refractivity contribution in [3.05, 3.63) is 53.9 Å². The van der Waals surface area contributed by atoms with Crippen molar-refractivity contribution >= 4 is 53.9 Å². The number of hydrogen-bond donors (Lipinski definition) is 1. The van der Waals surface area contributed by atoms with Crippen LogP contribution in [0.25, 0.3) is 0 Å². The van der Waals surface area contributed by atoms with Crippen LogP contribution in [0.15, 0.2) is 42.7 Å². The summed E-state index contributed by atoms with van der Waals surface area (Å²) in [5, 5.41) is 0. The summed E-state index contributed by atoms with van der Waals surface area (Å²) in [4.78, 5) is 18.5. The van der Waals surface area contributed by atoms with E-state index in [1.54, 1.807) is 18.0 Å².